The van der Waals surface area contributed by atoms with Crippen LogP contribution in [0.15, 0.2) is 0 Å². The Hall–Kier alpha value is -1.14. The summed E-state index contributed by atoms with van der Waals surface area (Å²) in [5.74, 6) is 0.199. The van der Waals surface area contributed by atoms with Crippen LogP contribution in [0.25, 0.3) is 0 Å². The predicted octanol–water partition coefficient (Wildman–Crippen LogP) is 1.43. The Kier molecular flexibility index (Phi) is 5.45. The van der Waals surface area contributed by atoms with Crippen molar-refractivity contribution in [3.05, 3.63) is 0 Å². The highest BCUT2D eigenvalue weighted by Crippen LogP contribution is 2.44. The standard InChI is InChI=1S/C18H30N2O4/c1-23-13-16(21)20-10-7-15(19-8-3-4-9-19)12-18(20,17(22)24-2)11-14-5-6-14/h14-15H,3-13H2,1-2H3. The maximum atomic E-state index is 12.9. The van der Waals surface area contributed by atoms with Crippen molar-refractivity contribution in [2.45, 2.75) is 56.5 Å². The molecule has 1 saturated carbocycles. The Balaban J connectivity index is 1.86. The van der Waals surface area contributed by atoms with E-state index in [4.69, 9.17) is 9.47 Å². The van der Waals surface area contributed by atoms with Crippen LogP contribution in [0.4, 0.5) is 0 Å². The zero-order valence-electron chi connectivity index (χ0n) is 15.0. The van der Waals surface area contributed by atoms with Crippen LogP contribution >= 0.6 is 0 Å². The summed E-state index contributed by atoms with van der Waals surface area (Å²) in [6, 6.07) is 0.372. The molecule has 1 amide bonds. The number of hydrogen-bond donors (Lipinski definition) is 0. The minimum Gasteiger partial charge on any atom is -0.467 e. The number of methoxy groups -OCH3 is 2. The van der Waals surface area contributed by atoms with Crippen LogP contribution in [0.2, 0.25) is 0 Å². The maximum Gasteiger partial charge on any atom is 0.331 e. The number of nitrogens with zero attached hydrogens (tertiary/aromatic N) is 2. The first-order valence-corrected chi connectivity index (χ1v) is 9.22. The molecule has 2 atom stereocenters. The first-order valence-electron chi connectivity index (χ1n) is 9.22. The SMILES string of the molecule is COCC(=O)N1CCC(N2CCCC2)CC1(CC1CC1)C(=O)OC. The van der Waals surface area contributed by atoms with Gasteiger partial charge in [0.15, 0.2) is 0 Å². The molecule has 0 radical (unpaired) electrons. The lowest BCUT2D eigenvalue weighted by Gasteiger charge is -2.49. The van der Waals surface area contributed by atoms with Crippen LogP contribution in [-0.2, 0) is 19.1 Å². The lowest BCUT2D eigenvalue weighted by molar-refractivity contribution is -0.170. The summed E-state index contributed by atoms with van der Waals surface area (Å²) in [5, 5.41) is 0. The zero-order chi connectivity index (χ0) is 17.2. The molecule has 2 saturated heterocycles. The number of piperidine rings is 1. The van der Waals surface area contributed by atoms with Crippen LogP contribution < -0.4 is 0 Å². The van der Waals surface area contributed by atoms with E-state index in [1.165, 1.54) is 27.1 Å². The van der Waals surface area contributed by atoms with E-state index < -0.39 is 5.54 Å². The molecule has 3 aliphatic rings. The molecule has 3 rings (SSSR count). The Labute approximate surface area is 144 Å². The van der Waals surface area contributed by atoms with Gasteiger partial charge in [0.05, 0.1) is 7.11 Å². The number of carbonyl (C=O) groups is 2. The molecular weight excluding hydrogens is 308 g/mol. The van der Waals surface area contributed by atoms with Gasteiger partial charge in [0.2, 0.25) is 5.91 Å². The Morgan fingerprint density at radius 2 is 1.79 bits per heavy atom. The molecular formula is C18H30N2O4. The highest BCUT2D eigenvalue weighted by molar-refractivity contribution is 5.89. The number of hydrogen-bond acceptors (Lipinski definition) is 5. The summed E-state index contributed by atoms with van der Waals surface area (Å²) < 4.78 is 10.3. The molecule has 0 bridgehead atoms. The average Bonchev–Trinajstić information content (AvgIpc) is 3.22. The molecule has 6 heteroatoms. The molecule has 0 spiro atoms. The molecule has 2 unspecified atom stereocenters. The van der Waals surface area contributed by atoms with Gasteiger partial charge in [0.1, 0.15) is 12.1 Å². The van der Waals surface area contributed by atoms with E-state index in [1.54, 1.807) is 4.90 Å². The fourth-order valence-corrected chi connectivity index (χ4v) is 4.54. The lowest BCUT2D eigenvalue weighted by atomic mass is 9.79. The van der Waals surface area contributed by atoms with Crippen molar-refractivity contribution in [3.8, 4) is 0 Å². The van der Waals surface area contributed by atoms with Gasteiger partial charge >= 0.3 is 5.97 Å². The molecule has 0 aromatic carbocycles. The molecule has 1 aliphatic carbocycles. The van der Waals surface area contributed by atoms with E-state index in [0.717, 1.165) is 38.8 Å². The van der Waals surface area contributed by atoms with E-state index in [9.17, 15) is 9.59 Å². The minimum absolute atomic E-state index is 0.0256. The van der Waals surface area contributed by atoms with Gasteiger partial charge in [-0.15, -0.1) is 0 Å². The quantitative estimate of drug-likeness (QED) is 0.686. The van der Waals surface area contributed by atoms with Crippen LogP contribution in [-0.4, -0.2) is 73.7 Å². The summed E-state index contributed by atoms with van der Waals surface area (Å²) in [6.45, 7) is 2.86. The van der Waals surface area contributed by atoms with E-state index in [-0.39, 0.29) is 18.5 Å². The number of likely N-dealkylation sites (tertiary alicyclic amines) is 2. The molecule has 0 aromatic rings. The number of rotatable bonds is 6. The van der Waals surface area contributed by atoms with E-state index >= 15 is 0 Å². The van der Waals surface area contributed by atoms with Crippen molar-refractivity contribution >= 4 is 11.9 Å². The molecule has 0 N–H and O–H groups in total. The summed E-state index contributed by atoms with van der Waals surface area (Å²) in [7, 11) is 2.96. The van der Waals surface area contributed by atoms with Gasteiger partial charge in [0, 0.05) is 19.7 Å². The van der Waals surface area contributed by atoms with Gasteiger partial charge in [-0.05, 0) is 51.1 Å². The van der Waals surface area contributed by atoms with Crippen molar-refractivity contribution in [1.82, 2.24) is 9.80 Å². The molecule has 0 aromatic heterocycles. The van der Waals surface area contributed by atoms with Crippen molar-refractivity contribution in [1.29, 1.82) is 0 Å². The second kappa shape index (κ2) is 7.40. The molecule has 24 heavy (non-hydrogen) atoms. The zero-order valence-corrected chi connectivity index (χ0v) is 15.0. The highest BCUT2D eigenvalue weighted by Gasteiger charge is 2.54. The fraction of sp³-hybridized carbons (Fsp3) is 0.889. The third-order valence-corrected chi connectivity index (χ3v) is 5.89. The smallest absolute Gasteiger partial charge is 0.331 e. The first kappa shape index (κ1) is 17.7. The highest BCUT2D eigenvalue weighted by atomic mass is 16.5. The summed E-state index contributed by atoms with van der Waals surface area (Å²) >= 11 is 0. The van der Waals surface area contributed by atoms with E-state index in [0.29, 0.717) is 24.9 Å². The van der Waals surface area contributed by atoms with Crippen molar-refractivity contribution < 1.29 is 19.1 Å². The number of carbonyl (C=O) groups excluding carboxylic acids is 2. The number of ether oxygens (including phenoxy) is 2. The summed E-state index contributed by atoms with van der Waals surface area (Å²) in [4.78, 5) is 29.8. The maximum absolute atomic E-state index is 12.9. The van der Waals surface area contributed by atoms with Gasteiger partial charge < -0.3 is 19.3 Å². The van der Waals surface area contributed by atoms with Gasteiger partial charge in [-0.3, -0.25) is 4.79 Å². The van der Waals surface area contributed by atoms with Crippen LogP contribution in [0.3, 0.4) is 0 Å². The number of esters is 1. The molecule has 2 aliphatic heterocycles. The minimum atomic E-state index is -0.808. The van der Waals surface area contributed by atoms with Crippen molar-refractivity contribution in [2.24, 2.45) is 5.92 Å². The van der Waals surface area contributed by atoms with Crippen LogP contribution in [0.1, 0.15) is 44.9 Å². The molecule has 136 valence electrons. The second-order valence-electron chi connectivity index (χ2n) is 7.54. The Bertz CT molecular complexity index is 474. The van der Waals surface area contributed by atoms with Crippen LogP contribution in [0, 0.1) is 5.92 Å². The average molecular weight is 338 g/mol. The van der Waals surface area contributed by atoms with Gasteiger partial charge in [-0.1, -0.05) is 12.8 Å². The normalized spacial score (nSPS) is 31.2. The third-order valence-electron chi connectivity index (χ3n) is 5.89. The first-order chi connectivity index (χ1) is 11.6. The molecule has 6 nitrogen and oxygen atoms in total. The predicted molar refractivity (Wildman–Crippen MR) is 89.5 cm³/mol. The molecule has 2 heterocycles. The van der Waals surface area contributed by atoms with E-state index in [1.807, 2.05) is 0 Å². The van der Waals surface area contributed by atoms with Crippen molar-refractivity contribution in [3.63, 3.8) is 0 Å². The Morgan fingerprint density at radius 1 is 1.08 bits per heavy atom. The monoisotopic (exact) mass is 338 g/mol. The van der Waals surface area contributed by atoms with Gasteiger partial charge in [-0.2, -0.15) is 0 Å². The Morgan fingerprint density at radius 3 is 2.38 bits per heavy atom. The fourth-order valence-electron chi connectivity index (χ4n) is 4.54. The van der Waals surface area contributed by atoms with E-state index in [2.05, 4.69) is 4.90 Å². The summed E-state index contributed by atoms with van der Waals surface area (Å²) in [5.41, 5.74) is -0.808. The molecule has 3 fully saturated rings. The number of amides is 1. The lowest BCUT2D eigenvalue weighted by Crippen LogP contribution is -2.65. The summed E-state index contributed by atoms with van der Waals surface area (Å²) in [6.07, 6.45) is 7.14. The second-order valence-corrected chi connectivity index (χ2v) is 7.54. The third kappa shape index (κ3) is 3.45. The van der Waals surface area contributed by atoms with Crippen molar-refractivity contribution in [2.75, 3.05) is 40.5 Å². The topological polar surface area (TPSA) is 59.1 Å². The largest absolute Gasteiger partial charge is 0.467 e. The van der Waals surface area contributed by atoms with Gasteiger partial charge in [-0.25, -0.2) is 4.79 Å². The van der Waals surface area contributed by atoms with Gasteiger partial charge in [0.25, 0.3) is 0 Å². The van der Waals surface area contributed by atoms with Crippen LogP contribution in [0.5, 0.6) is 0 Å².